The molecule has 0 fully saturated rings. The molecule has 0 bridgehead atoms. The lowest BCUT2D eigenvalue weighted by molar-refractivity contribution is -0.125. The lowest BCUT2D eigenvalue weighted by Crippen LogP contribution is -2.34. The topological polar surface area (TPSA) is 51.5 Å². The molecule has 0 saturated heterocycles. The van der Waals surface area contributed by atoms with Crippen molar-refractivity contribution in [3.63, 3.8) is 0 Å². The number of rotatable bonds is 5. The molecule has 0 saturated carbocycles. The number of hydrogen-bond acceptors (Lipinski definition) is 3. The van der Waals surface area contributed by atoms with E-state index in [1.165, 1.54) is 0 Å². The number of fused-ring (bicyclic) bond motifs is 1. The van der Waals surface area contributed by atoms with Gasteiger partial charge in [-0.25, -0.2) is 0 Å². The lowest BCUT2D eigenvalue weighted by atomic mass is 9.93. The molecule has 1 amide bonds. The highest BCUT2D eigenvalue weighted by molar-refractivity contribution is 5.79. The third-order valence-corrected chi connectivity index (χ3v) is 4.15. The van der Waals surface area contributed by atoms with Gasteiger partial charge in [0.05, 0.1) is 6.54 Å². The van der Waals surface area contributed by atoms with Crippen LogP contribution in [0, 0.1) is 5.92 Å². The van der Waals surface area contributed by atoms with E-state index in [0.717, 1.165) is 36.0 Å². The van der Waals surface area contributed by atoms with Gasteiger partial charge < -0.3 is 14.5 Å². The average Bonchev–Trinajstić information content (AvgIpc) is 3.00. The Kier molecular flexibility index (Phi) is 4.59. The van der Waals surface area contributed by atoms with Crippen LogP contribution in [0.15, 0.2) is 46.9 Å². The predicted molar refractivity (Wildman–Crippen MR) is 85.5 cm³/mol. The molecule has 0 unspecified atom stereocenters. The van der Waals surface area contributed by atoms with Gasteiger partial charge in [-0.15, -0.1) is 0 Å². The Hall–Kier alpha value is -2.07. The summed E-state index contributed by atoms with van der Waals surface area (Å²) in [5, 5.41) is 4.03. The van der Waals surface area contributed by atoms with Crippen LogP contribution in [0.25, 0.3) is 11.0 Å². The highest BCUT2D eigenvalue weighted by Crippen LogP contribution is 2.25. The van der Waals surface area contributed by atoms with E-state index in [-0.39, 0.29) is 17.9 Å². The molecule has 1 heterocycles. The van der Waals surface area contributed by atoms with E-state index in [0.29, 0.717) is 6.54 Å². The summed E-state index contributed by atoms with van der Waals surface area (Å²) >= 11 is 0. The molecule has 4 heteroatoms. The smallest absolute Gasteiger partial charge is 0.223 e. The van der Waals surface area contributed by atoms with Crippen molar-refractivity contribution in [2.45, 2.75) is 25.4 Å². The fraction of sp³-hybridized carbons (Fsp3) is 0.389. The van der Waals surface area contributed by atoms with E-state index in [9.17, 15) is 4.79 Å². The Bertz CT molecular complexity index is 641. The third kappa shape index (κ3) is 3.22. The largest absolute Gasteiger partial charge is 0.458 e. The molecule has 1 aliphatic rings. The second kappa shape index (κ2) is 6.79. The Balaban J connectivity index is 1.64. The highest BCUT2D eigenvalue weighted by atomic mass is 16.5. The van der Waals surface area contributed by atoms with Crippen molar-refractivity contribution in [1.82, 2.24) is 5.32 Å². The van der Waals surface area contributed by atoms with Gasteiger partial charge >= 0.3 is 0 Å². The van der Waals surface area contributed by atoms with E-state index in [4.69, 9.17) is 9.15 Å². The van der Waals surface area contributed by atoms with Crippen LogP contribution in [0.4, 0.5) is 0 Å². The van der Waals surface area contributed by atoms with Gasteiger partial charge in [-0.05, 0) is 31.4 Å². The zero-order chi connectivity index (χ0) is 15.4. The second-order valence-electron chi connectivity index (χ2n) is 5.64. The maximum absolute atomic E-state index is 12.2. The van der Waals surface area contributed by atoms with E-state index >= 15 is 0 Å². The Morgan fingerprint density at radius 2 is 2.27 bits per heavy atom. The van der Waals surface area contributed by atoms with E-state index in [1.807, 2.05) is 30.3 Å². The van der Waals surface area contributed by atoms with E-state index < -0.39 is 0 Å². The summed E-state index contributed by atoms with van der Waals surface area (Å²) in [5.74, 6) is 0.924. The second-order valence-corrected chi connectivity index (χ2v) is 5.64. The number of allylic oxidation sites excluding steroid dienone is 2. The number of hydrogen-bond donors (Lipinski definition) is 1. The first kappa shape index (κ1) is 14.9. The monoisotopic (exact) mass is 299 g/mol. The molecule has 3 rings (SSSR count). The summed E-state index contributed by atoms with van der Waals surface area (Å²) in [6, 6.07) is 9.82. The van der Waals surface area contributed by atoms with Crippen LogP contribution in [0.1, 0.15) is 31.1 Å². The van der Waals surface area contributed by atoms with Crippen molar-refractivity contribution >= 4 is 16.9 Å². The molecular formula is C18H21NO3. The van der Waals surface area contributed by atoms with Crippen molar-refractivity contribution in [3.8, 4) is 0 Å². The minimum atomic E-state index is -0.268. The van der Waals surface area contributed by atoms with Gasteiger partial charge in [0, 0.05) is 18.4 Å². The van der Waals surface area contributed by atoms with Crippen LogP contribution < -0.4 is 5.32 Å². The highest BCUT2D eigenvalue weighted by Gasteiger charge is 2.21. The van der Waals surface area contributed by atoms with Crippen LogP contribution in [-0.4, -0.2) is 19.6 Å². The molecule has 22 heavy (non-hydrogen) atoms. The first-order valence-electron chi connectivity index (χ1n) is 7.72. The van der Waals surface area contributed by atoms with Crippen LogP contribution >= 0.6 is 0 Å². The van der Waals surface area contributed by atoms with Crippen molar-refractivity contribution in [1.29, 1.82) is 0 Å². The summed E-state index contributed by atoms with van der Waals surface area (Å²) < 4.78 is 11.3. The molecule has 1 aromatic carbocycles. The standard InChI is InChI=1S/C18H21NO3/c1-21-17(12-19-18(20)13-7-3-2-4-8-13)16-11-14-9-5-6-10-15(14)22-16/h2-3,5-6,9-11,13,17H,4,7-8,12H2,1H3,(H,19,20)/t13-,17-/m0/s1. The van der Waals surface area contributed by atoms with E-state index in [2.05, 4.69) is 17.5 Å². The molecule has 0 radical (unpaired) electrons. The Morgan fingerprint density at radius 3 is 3.00 bits per heavy atom. The quantitative estimate of drug-likeness (QED) is 0.858. The molecule has 0 aliphatic heterocycles. The van der Waals surface area contributed by atoms with Gasteiger partial charge in [-0.1, -0.05) is 30.4 Å². The molecule has 1 N–H and O–H groups in total. The van der Waals surface area contributed by atoms with Crippen molar-refractivity contribution in [3.05, 3.63) is 48.2 Å². The zero-order valence-corrected chi connectivity index (χ0v) is 12.7. The summed E-state index contributed by atoms with van der Waals surface area (Å²) in [5.41, 5.74) is 0.836. The maximum atomic E-state index is 12.2. The first-order chi connectivity index (χ1) is 10.8. The summed E-state index contributed by atoms with van der Waals surface area (Å²) in [6.45, 7) is 0.426. The normalized spacial score (nSPS) is 19.2. The van der Waals surface area contributed by atoms with Gasteiger partial charge in [-0.3, -0.25) is 4.79 Å². The number of ether oxygens (including phenoxy) is 1. The van der Waals surface area contributed by atoms with Crippen LogP contribution in [0.3, 0.4) is 0 Å². The van der Waals surface area contributed by atoms with Crippen molar-refractivity contribution < 1.29 is 13.9 Å². The molecule has 2 aromatic rings. The minimum absolute atomic E-state index is 0.0816. The SMILES string of the molecule is CO[C@@H](CNC(=O)[C@H]1CC=CCC1)c1cc2ccccc2o1. The summed E-state index contributed by atoms with van der Waals surface area (Å²) in [7, 11) is 1.63. The molecule has 0 spiro atoms. The third-order valence-electron chi connectivity index (χ3n) is 4.15. The summed E-state index contributed by atoms with van der Waals surface area (Å²) in [6.07, 6.45) is 6.68. The summed E-state index contributed by atoms with van der Waals surface area (Å²) in [4.78, 5) is 12.2. The Labute approximate surface area is 130 Å². The molecule has 116 valence electrons. The fourth-order valence-corrected chi connectivity index (χ4v) is 2.83. The average molecular weight is 299 g/mol. The number of amides is 1. The predicted octanol–water partition coefficient (Wildman–Crippen LogP) is 3.59. The van der Waals surface area contributed by atoms with Gasteiger partial charge in [-0.2, -0.15) is 0 Å². The van der Waals surface area contributed by atoms with Gasteiger partial charge in [0.25, 0.3) is 0 Å². The minimum Gasteiger partial charge on any atom is -0.458 e. The number of para-hydroxylation sites is 1. The number of carbonyl (C=O) groups is 1. The fourth-order valence-electron chi connectivity index (χ4n) is 2.83. The number of benzene rings is 1. The van der Waals surface area contributed by atoms with Crippen LogP contribution in [0.5, 0.6) is 0 Å². The van der Waals surface area contributed by atoms with Crippen molar-refractivity contribution in [2.24, 2.45) is 5.92 Å². The zero-order valence-electron chi connectivity index (χ0n) is 12.7. The first-order valence-corrected chi connectivity index (χ1v) is 7.72. The van der Waals surface area contributed by atoms with Crippen molar-refractivity contribution in [2.75, 3.05) is 13.7 Å². The van der Waals surface area contributed by atoms with E-state index in [1.54, 1.807) is 7.11 Å². The maximum Gasteiger partial charge on any atom is 0.223 e. The van der Waals surface area contributed by atoms with Gasteiger partial charge in [0.15, 0.2) is 0 Å². The molecule has 1 aliphatic carbocycles. The molecule has 2 atom stereocenters. The number of carbonyl (C=O) groups excluding carboxylic acids is 1. The molecular weight excluding hydrogens is 278 g/mol. The van der Waals surface area contributed by atoms with Crippen LogP contribution in [-0.2, 0) is 9.53 Å². The van der Waals surface area contributed by atoms with Gasteiger partial charge in [0.1, 0.15) is 17.4 Å². The number of furan rings is 1. The number of methoxy groups -OCH3 is 1. The van der Waals surface area contributed by atoms with Crippen LogP contribution in [0.2, 0.25) is 0 Å². The molecule has 1 aromatic heterocycles. The van der Waals surface area contributed by atoms with Gasteiger partial charge in [0.2, 0.25) is 5.91 Å². The number of nitrogens with one attached hydrogen (secondary N) is 1. The molecule has 4 nitrogen and oxygen atoms in total. The Morgan fingerprint density at radius 1 is 1.41 bits per heavy atom. The lowest BCUT2D eigenvalue weighted by Gasteiger charge is -2.19.